The lowest BCUT2D eigenvalue weighted by molar-refractivity contribution is 0.451. The fourth-order valence-corrected chi connectivity index (χ4v) is 1.33. The molecular formula is C10H8O4. The number of aromatic hydroxyl groups is 2. The van der Waals surface area contributed by atoms with Gasteiger partial charge >= 0.3 is 5.63 Å². The molecule has 14 heavy (non-hydrogen) atoms. The molecule has 0 bridgehead atoms. The number of hydrogen-bond donors (Lipinski definition) is 2. The smallest absolute Gasteiger partial charge is 0.339 e. The van der Waals surface area contributed by atoms with Crippen molar-refractivity contribution >= 4 is 11.0 Å². The van der Waals surface area contributed by atoms with E-state index in [1.54, 1.807) is 13.0 Å². The molecular weight excluding hydrogens is 184 g/mol. The number of aryl methyl sites for hydroxylation is 1. The summed E-state index contributed by atoms with van der Waals surface area (Å²) in [4.78, 5) is 10.9. The summed E-state index contributed by atoms with van der Waals surface area (Å²) in [5, 5.41) is 19.2. The van der Waals surface area contributed by atoms with Crippen LogP contribution < -0.4 is 5.63 Å². The first-order valence-electron chi connectivity index (χ1n) is 4.05. The van der Waals surface area contributed by atoms with Crippen LogP contribution in [0.3, 0.4) is 0 Å². The molecule has 72 valence electrons. The van der Waals surface area contributed by atoms with E-state index < -0.39 is 5.63 Å². The van der Waals surface area contributed by atoms with E-state index >= 15 is 0 Å². The van der Waals surface area contributed by atoms with Gasteiger partial charge in [-0.25, -0.2) is 4.79 Å². The minimum Gasteiger partial charge on any atom is -0.507 e. The van der Waals surface area contributed by atoms with Crippen LogP contribution in [0, 0.1) is 6.92 Å². The van der Waals surface area contributed by atoms with E-state index in [0.29, 0.717) is 5.56 Å². The number of phenolic OH excluding ortho intramolecular Hbond substituents is 1. The molecule has 4 nitrogen and oxygen atoms in total. The molecule has 2 N–H and O–H groups in total. The minimum atomic E-state index is -0.641. The summed E-state index contributed by atoms with van der Waals surface area (Å²) in [7, 11) is 0. The van der Waals surface area contributed by atoms with Gasteiger partial charge in [-0.1, -0.05) is 6.07 Å². The van der Waals surface area contributed by atoms with Crippen LogP contribution in [0.2, 0.25) is 0 Å². The predicted molar refractivity (Wildman–Crippen MR) is 50.6 cm³/mol. The quantitative estimate of drug-likeness (QED) is 0.620. The van der Waals surface area contributed by atoms with E-state index in [9.17, 15) is 15.0 Å². The maximum absolute atomic E-state index is 10.9. The average molecular weight is 192 g/mol. The number of fused-ring (bicyclic) bond motifs is 1. The molecule has 0 fully saturated rings. The lowest BCUT2D eigenvalue weighted by Gasteiger charge is -2.03. The molecule has 0 spiro atoms. The number of benzene rings is 1. The van der Waals surface area contributed by atoms with Gasteiger partial charge in [0.15, 0.2) is 0 Å². The van der Waals surface area contributed by atoms with Crippen molar-refractivity contribution < 1.29 is 14.6 Å². The van der Waals surface area contributed by atoms with E-state index in [1.807, 2.05) is 0 Å². The van der Waals surface area contributed by atoms with Crippen molar-refractivity contribution in [3.8, 4) is 11.5 Å². The van der Waals surface area contributed by atoms with E-state index in [2.05, 4.69) is 0 Å². The lowest BCUT2D eigenvalue weighted by atomic mass is 10.1. The van der Waals surface area contributed by atoms with Crippen LogP contribution in [0.5, 0.6) is 11.5 Å². The van der Waals surface area contributed by atoms with Crippen LogP contribution in [0.1, 0.15) is 5.56 Å². The van der Waals surface area contributed by atoms with Crippen LogP contribution in [-0.2, 0) is 0 Å². The fourth-order valence-electron chi connectivity index (χ4n) is 1.33. The molecule has 0 aliphatic carbocycles. The molecule has 0 saturated heterocycles. The summed E-state index contributed by atoms with van der Waals surface area (Å²) >= 11 is 0. The average Bonchev–Trinajstić information content (AvgIpc) is 2.10. The summed E-state index contributed by atoms with van der Waals surface area (Å²) < 4.78 is 4.80. The van der Waals surface area contributed by atoms with Gasteiger partial charge in [-0.3, -0.25) is 0 Å². The molecule has 4 heteroatoms. The van der Waals surface area contributed by atoms with Gasteiger partial charge in [-0.05, 0) is 18.6 Å². The Kier molecular flexibility index (Phi) is 1.70. The second-order valence-electron chi connectivity index (χ2n) is 3.05. The van der Waals surface area contributed by atoms with Gasteiger partial charge in [0.2, 0.25) is 0 Å². The van der Waals surface area contributed by atoms with Crippen molar-refractivity contribution in [2.45, 2.75) is 6.92 Å². The van der Waals surface area contributed by atoms with Gasteiger partial charge in [0.05, 0.1) is 6.07 Å². The van der Waals surface area contributed by atoms with E-state index in [1.165, 1.54) is 6.07 Å². The van der Waals surface area contributed by atoms with Crippen LogP contribution in [-0.4, -0.2) is 10.2 Å². The third-order valence-electron chi connectivity index (χ3n) is 2.06. The monoisotopic (exact) mass is 192 g/mol. The summed E-state index contributed by atoms with van der Waals surface area (Å²) in [5.41, 5.74) is 0.151. The van der Waals surface area contributed by atoms with E-state index in [0.717, 1.165) is 6.07 Å². The van der Waals surface area contributed by atoms with Gasteiger partial charge < -0.3 is 14.6 Å². The molecule has 0 unspecified atom stereocenters. The highest BCUT2D eigenvalue weighted by molar-refractivity contribution is 5.89. The summed E-state index contributed by atoms with van der Waals surface area (Å²) in [6.07, 6.45) is 0. The number of phenols is 1. The highest BCUT2D eigenvalue weighted by atomic mass is 16.4. The van der Waals surface area contributed by atoms with E-state index in [-0.39, 0.29) is 22.5 Å². The van der Waals surface area contributed by atoms with Crippen molar-refractivity contribution in [1.29, 1.82) is 0 Å². The number of rotatable bonds is 0. The second kappa shape index (κ2) is 2.77. The summed E-state index contributed by atoms with van der Waals surface area (Å²) in [6, 6.07) is 4.08. The largest absolute Gasteiger partial charge is 0.507 e. The molecule has 0 aliphatic rings. The highest BCUT2D eigenvalue weighted by Crippen LogP contribution is 2.33. The Labute approximate surface area is 79.0 Å². The van der Waals surface area contributed by atoms with Crippen molar-refractivity contribution in [3.05, 3.63) is 34.2 Å². The predicted octanol–water partition coefficient (Wildman–Crippen LogP) is 1.51. The molecule has 0 aliphatic heterocycles. The number of hydrogen-bond acceptors (Lipinski definition) is 4. The Balaban J connectivity index is 3.03. The Morgan fingerprint density at radius 1 is 1.29 bits per heavy atom. The van der Waals surface area contributed by atoms with Gasteiger partial charge in [0.25, 0.3) is 0 Å². The van der Waals surface area contributed by atoms with Crippen molar-refractivity contribution in [2.75, 3.05) is 0 Å². The molecule has 0 saturated carbocycles. The molecule has 1 heterocycles. The first-order valence-corrected chi connectivity index (χ1v) is 4.05. The molecule has 2 aromatic rings. The van der Waals surface area contributed by atoms with Gasteiger partial charge in [0, 0.05) is 0 Å². The Bertz CT molecular complexity index is 554. The SMILES string of the molecule is Cc1ccc2oc(=O)cc(O)c2c1O. The molecule has 0 amide bonds. The highest BCUT2D eigenvalue weighted by Gasteiger charge is 2.10. The van der Waals surface area contributed by atoms with Gasteiger partial charge in [0.1, 0.15) is 22.5 Å². The normalized spacial score (nSPS) is 10.6. The Morgan fingerprint density at radius 3 is 2.71 bits per heavy atom. The standard InChI is InChI=1S/C10H8O4/c1-5-2-3-7-9(10(5)13)6(11)4-8(12)14-7/h2-4,11,13H,1H3. The molecule has 1 aromatic carbocycles. The zero-order valence-corrected chi connectivity index (χ0v) is 7.44. The first kappa shape index (κ1) is 8.62. The minimum absolute atomic E-state index is 0.0660. The van der Waals surface area contributed by atoms with Crippen LogP contribution >= 0.6 is 0 Å². The zero-order chi connectivity index (χ0) is 10.3. The third kappa shape index (κ3) is 1.12. The molecule has 2 rings (SSSR count). The summed E-state index contributed by atoms with van der Waals surface area (Å²) in [5.74, 6) is -0.332. The van der Waals surface area contributed by atoms with Crippen LogP contribution in [0.25, 0.3) is 11.0 Å². The Hall–Kier alpha value is -1.97. The maximum atomic E-state index is 10.9. The maximum Gasteiger partial charge on any atom is 0.339 e. The van der Waals surface area contributed by atoms with Crippen LogP contribution in [0.4, 0.5) is 0 Å². The summed E-state index contributed by atoms with van der Waals surface area (Å²) in [6.45, 7) is 1.69. The molecule has 0 radical (unpaired) electrons. The van der Waals surface area contributed by atoms with E-state index in [4.69, 9.17) is 4.42 Å². The Morgan fingerprint density at radius 2 is 2.00 bits per heavy atom. The second-order valence-corrected chi connectivity index (χ2v) is 3.05. The topological polar surface area (TPSA) is 70.7 Å². The van der Waals surface area contributed by atoms with Crippen LogP contribution in [0.15, 0.2) is 27.4 Å². The third-order valence-corrected chi connectivity index (χ3v) is 2.06. The lowest BCUT2D eigenvalue weighted by Crippen LogP contribution is -1.95. The fraction of sp³-hybridized carbons (Fsp3) is 0.100. The van der Waals surface area contributed by atoms with Gasteiger partial charge in [-0.2, -0.15) is 0 Å². The molecule has 0 atom stereocenters. The van der Waals surface area contributed by atoms with Crippen molar-refractivity contribution in [1.82, 2.24) is 0 Å². The first-order chi connectivity index (χ1) is 6.59. The zero-order valence-electron chi connectivity index (χ0n) is 7.44. The molecule has 1 aromatic heterocycles. The van der Waals surface area contributed by atoms with Gasteiger partial charge in [-0.15, -0.1) is 0 Å². The van der Waals surface area contributed by atoms with Crippen molar-refractivity contribution in [2.24, 2.45) is 0 Å². The van der Waals surface area contributed by atoms with Crippen molar-refractivity contribution in [3.63, 3.8) is 0 Å².